The highest BCUT2D eigenvalue weighted by atomic mass is 33.1. The van der Waals surface area contributed by atoms with Gasteiger partial charge >= 0.3 is 0 Å². The van der Waals surface area contributed by atoms with Gasteiger partial charge in [-0.05, 0) is 0 Å². The van der Waals surface area contributed by atoms with E-state index in [9.17, 15) is 39.6 Å². The minimum atomic E-state index is -1.65. The van der Waals surface area contributed by atoms with Crippen LogP contribution in [0.3, 0.4) is 0 Å². The molecule has 0 spiro atoms. The number of rotatable bonds is 13. The Kier molecular flexibility index (Phi) is 13.6. The predicted molar refractivity (Wildman–Crippen MR) is 102 cm³/mol. The van der Waals surface area contributed by atoms with Gasteiger partial charge in [-0.25, -0.2) is 0 Å². The second-order valence-electron chi connectivity index (χ2n) is 5.46. The normalized spacial score (nSPS) is 14.9. The molecule has 14 heteroatoms. The summed E-state index contributed by atoms with van der Waals surface area (Å²) in [5.74, 6) is -1.85. The van der Waals surface area contributed by atoms with Crippen molar-refractivity contribution in [3.05, 3.63) is 0 Å². The molecule has 8 N–H and O–H groups in total. The lowest BCUT2D eigenvalue weighted by atomic mass is 10.4. The standard InChI is InChI=1S/C14H26N4O8S2/c1-7(19)15-5-3-9(21)17-11(23)13(25)27-28-14(26)12(24)18-10(22)4-6-16-8(2)20/h11-14,23-26H,3-6H2,1-2H3,(H,15,19)(H,16,20)(H,17,21)(H,18,22). The van der Waals surface area contributed by atoms with Gasteiger partial charge in [0.2, 0.25) is 23.6 Å². The van der Waals surface area contributed by atoms with Crippen LogP contribution < -0.4 is 21.3 Å². The molecule has 162 valence electrons. The first-order valence-electron chi connectivity index (χ1n) is 8.15. The van der Waals surface area contributed by atoms with E-state index >= 15 is 0 Å². The van der Waals surface area contributed by atoms with E-state index < -0.39 is 35.1 Å². The summed E-state index contributed by atoms with van der Waals surface area (Å²) in [5, 5.41) is 47.9. The molecule has 0 rings (SSSR count). The van der Waals surface area contributed by atoms with E-state index in [1.165, 1.54) is 13.8 Å². The van der Waals surface area contributed by atoms with Gasteiger partial charge in [0.25, 0.3) is 0 Å². The highest BCUT2D eigenvalue weighted by molar-refractivity contribution is 8.77. The van der Waals surface area contributed by atoms with Crippen molar-refractivity contribution in [1.29, 1.82) is 0 Å². The van der Waals surface area contributed by atoms with Gasteiger partial charge in [0.1, 0.15) is 0 Å². The molecular weight excluding hydrogens is 416 g/mol. The van der Waals surface area contributed by atoms with Crippen molar-refractivity contribution in [2.75, 3.05) is 13.1 Å². The van der Waals surface area contributed by atoms with E-state index in [2.05, 4.69) is 21.3 Å². The SMILES string of the molecule is CC(=O)NCCC(=O)NC(O)C(O)SSC(O)C(O)NC(=O)CCNC(C)=O. The molecule has 0 bridgehead atoms. The van der Waals surface area contributed by atoms with Crippen molar-refractivity contribution in [3.63, 3.8) is 0 Å². The highest BCUT2D eigenvalue weighted by Crippen LogP contribution is 2.31. The maximum atomic E-state index is 11.5. The van der Waals surface area contributed by atoms with Gasteiger partial charge in [-0.15, -0.1) is 0 Å². The van der Waals surface area contributed by atoms with Crippen LogP contribution in [-0.2, 0) is 19.2 Å². The Morgan fingerprint density at radius 3 is 1.32 bits per heavy atom. The molecule has 0 aliphatic carbocycles. The average Bonchev–Trinajstić information content (AvgIpc) is 2.58. The molecule has 0 radical (unpaired) electrons. The summed E-state index contributed by atoms with van der Waals surface area (Å²) >= 11 is 0. The Balaban J connectivity index is 4.11. The largest absolute Gasteiger partial charge is 0.377 e. The van der Waals surface area contributed by atoms with Gasteiger partial charge in [0.05, 0.1) is 0 Å². The third-order valence-corrected chi connectivity index (χ3v) is 5.40. The third kappa shape index (κ3) is 13.6. The predicted octanol–water partition coefficient (Wildman–Crippen LogP) is -3.07. The number of hydrogen-bond acceptors (Lipinski definition) is 10. The van der Waals surface area contributed by atoms with Gasteiger partial charge in [-0.3, -0.25) is 19.2 Å². The molecule has 12 nitrogen and oxygen atoms in total. The van der Waals surface area contributed by atoms with Gasteiger partial charge in [-0.2, -0.15) is 0 Å². The summed E-state index contributed by atoms with van der Waals surface area (Å²) in [6, 6.07) is 0. The Morgan fingerprint density at radius 2 is 1.04 bits per heavy atom. The van der Waals surface area contributed by atoms with E-state index in [4.69, 9.17) is 0 Å². The van der Waals surface area contributed by atoms with Crippen molar-refractivity contribution < 1.29 is 39.6 Å². The van der Waals surface area contributed by atoms with Crippen LogP contribution >= 0.6 is 21.6 Å². The summed E-state index contributed by atoms with van der Waals surface area (Å²) in [6.07, 6.45) is -3.52. The summed E-state index contributed by atoms with van der Waals surface area (Å²) in [4.78, 5) is 44.4. The van der Waals surface area contributed by atoms with E-state index in [1.807, 2.05) is 0 Å². The van der Waals surface area contributed by atoms with Crippen LogP contribution in [0.15, 0.2) is 0 Å². The Morgan fingerprint density at radius 1 is 0.714 bits per heavy atom. The molecule has 0 saturated heterocycles. The molecule has 0 heterocycles. The lowest BCUT2D eigenvalue weighted by molar-refractivity contribution is -0.126. The quantitative estimate of drug-likeness (QED) is 0.107. The molecule has 0 aromatic carbocycles. The van der Waals surface area contributed by atoms with Crippen molar-refractivity contribution in [2.24, 2.45) is 0 Å². The minimum Gasteiger partial charge on any atom is -0.377 e. The molecule has 4 unspecified atom stereocenters. The van der Waals surface area contributed by atoms with E-state index in [1.54, 1.807) is 0 Å². The second kappa shape index (κ2) is 14.4. The molecular formula is C14H26N4O8S2. The first kappa shape index (κ1) is 26.4. The molecule has 0 aromatic heterocycles. The number of nitrogens with one attached hydrogen (secondary N) is 4. The van der Waals surface area contributed by atoms with Crippen molar-refractivity contribution >= 4 is 45.2 Å². The first-order valence-corrected chi connectivity index (χ1v) is 10.4. The molecule has 0 aliphatic rings. The fourth-order valence-corrected chi connectivity index (χ4v) is 3.43. The fraction of sp³-hybridized carbons (Fsp3) is 0.714. The van der Waals surface area contributed by atoms with Crippen LogP contribution in [0.1, 0.15) is 26.7 Å². The first-order chi connectivity index (χ1) is 13.0. The van der Waals surface area contributed by atoms with Crippen LogP contribution in [0, 0.1) is 0 Å². The number of hydrogen-bond donors (Lipinski definition) is 8. The van der Waals surface area contributed by atoms with Gasteiger partial charge in [0.15, 0.2) is 23.3 Å². The lowest BCUT2D eigenvalue weighted by Crippen LogP contribution is -2.44. The number of amides is 4. The lowest BCUT2D eigenvalue weighted by Gasteiger charge is -2.22. The van der Waals surface area contributed by atoms with E-state index in [-0.39, 0.29) is 37.7 Å². The van der Waals surface area contributed by atoms with Crippen molar-refractivity contribution in [2.45, 2.75) is 50.0 Å². The molecule has 4 atom stereocenters. The number of carbonyl (C=O) groups is 4. The maximum Gasteiger partial charge on any atom is 0.223 e. The van der Waals surface area contributed by atoms with Gasteiger partial charge < -0.3 is 41.7 Å². The summed E-state index contributed by atoms with van der Waals surface area (Å²) in [5.41, 5.74) is -3.07. The molecule has 0 fully saturated rings. The molecule has 0 aromatic rings. The summed E-state index contributed by atoms with van der Waals surface area (Å²) in [6.45, 7) is 2.71. The zero-order valence-electron chi connectivity index (χ0n) is 15.4. The Bertz CT molecular complexity index is 493. The molecule has 4 amide bonds. The van der Waals surface area contributed by atoms with Crippen molar-refractivity contribution in [1.82, 2.24) is 21.3 Å². The van der Waals surface area contributed by atoms with Crippen LogP contribution in [0.2, 0.25) is 0 Å². The van der Waals surface area contributed by atoms with Crippen molar-refractivity contribution in [3.8, 4) is 0 Å². The summed E-state index contributed by atoms with van der Waals surface area (Å²) in [7, 11) is 1.12. The van der Waals surface area contributed by atoms with Crippen LogP contribution in [0.25, 0.3) is 0 Å². The van der Waals surface area contributed by atoms with Crippen LogP contribution in [0.4, 0.5) is 0 Å². The number of carbonyl (C=O) groups excluding carboxylic acids is 4. The van der Waals surface area contributed by atoms with E-state index in [0.717, 1.165) is 0 Å². The Hall–Kier alpha value is -1.58. The monoisotopic (exact) mass is 442 g/mol. The number of aliphatic hydroxyl groups excluding tert-OH is 4. The molecule has 0 aliphatic heterocycles. The molecule has 28 heavy (non-hydrogen) atoms. The average molecular weight is 443 g/mol. The number of aliphatic hydroxyl groups is 4. The zero-order valence-corrected chi connectivity index (χ0v) is 17.0. The minimum absolute atomic E-state index is 0.0679. The maximum absolute atomic E-state index is 11.5. The van der Waals surface area contributed by atoms with Gasteiger partial charge in [-0.1, -0.05) is 21.6 Å². The third-order valence-electron chi connectivity index (χ3n) is 2.86. The van der Waals surface area contributed by atoms with Gasteiger partial charge in [0, 0.05) is 39.8 Å². The molecule has 0 saturated carbocycles. The fourth-order valence-electron chi connectivity index (χ4n) is 1.54. The van der Waals surface area contributed by atoms with E-state index in [0.29, 0.717) is 21.6 Å². The second-order valence-corrected chi connectivity index (χ2v) is 7.97. The highest BCUT2D eigenvalue weighted by Gasteiger charge is 2.24. The van der Waals surface area contributed by atoms with Crippen LogP contribution in [0.5, 0.6) is 0 Å². The topological polar surface area (TPSA) is 197 Å². The summed E-state index contributed by atoms with van der Waals surface area (Å²) < 4.78 is 0. The van der Waals surface area contributed by atoms with Crippen LogP contribution in [-0.4, -0.2) is 80.5 Å². The zero-order chi connectivity index (χ0) is 21.7. The smallest absolute Gasteiger partial charge is 0.223 e. The Labute approximate surface area is 169 Å².